The monoisotopic (exact) mass is 625 g/mol. The topological polar surface area (TPSA) is 131 Å². The van der Waals surface area contributed by atoms with Crippen LogP contribution in [0.25, 0.3) is 17.0 Å². The lowest BCUT2D eigenvalue weighted by Crippen LogP contribution is -2.68. The van der Waals surface area contributed by atoms with Crippen LogP contribution >= 0.6 is 11.6 Å². The molecule has 1 aromatic carbocycles. The number of allylic oxidation sites excluding steroid dienone is 2. The standard InChI is InChI=1S/C29H35ClF3N5O5/c1-5-6-19(40)12-42-20-7-8-22(30)21(11-20)25-35-24(23(17(3)34)18(4)39)16(2)26(36-25)38-13-28(14-38)9-10-37(27(41)43-28)15-29(31,32)33/h7-8,11,19,40H,5-6,9-10,12-15,34H2,1-4H3/t19-/m1/s1. The number of halogens is 4. The van der Waals surface area contributed by atoms with Crippen molar-refractivity contribution in [1.82, 2.24) is 14.9 Å². The lowest BCUT2D eigenvalue weighted by Gasteiger charge is -2.53. The molecule has 1 atom stereocenters. The van der Waals surface area contributed by atoms with E-state index in [1.807, 2.05) is 11.8 Å². The van der Waals surface area contributed by atoms with E-state index in [9.17, 15) is 27.9 Å². The highest BCUT2D eigenvalue weighted by molar-refractivity contribution is 6.33. The average Bonchev–Trinajstić information content (AvgIpc) is 2.88. The number of aromatic nitrogens is 2. The minimum Gasteiger partial charge on any atom is -0.491 e. The molecular formula is C29H35ClF3N5O5. The van der Waals surface area contributed by atoms with Crippen LogP contribution in [0.2, 0.25) is 5.02 Å². The predicted molar refractivity (Wildman–Crippen MR) is 155 cm³/mol. The highest BCUT2D eigenvalue weighted by atomic mass is 35.5. The van der Waals surface area contributed by atoms with Gasteiger partial charge in [0.1, 0.15) is 24.7 Å². The maximum atomic E-state index is 12.9. The molecule has 234 valence electrons. The molecule has 2 aliphatic rings. The maximum Gasteiger partial charge on any atom is 0.410 e. The Morgan fingerprint density at radius 3 is 2.56 bits per heavy atom. The number of hydrogen-bond acceptors (Lipinski definition) is 9. The van der Waals surface area contributed by atoms with Crippen molar-refractivity contribution in [3.05, 3.63) is 40.2 Å². The zero-order valence-electron chi connectivity index (χ0n) is 24.4. The summed E-state index contributed by atoms with van der Waals surface area (Å²) >= 11 is 6.57. The van der Waals surface area contributed by atoms with Gasteiger partial charge in [-0.15, -0.1) is 0 Å². The summed E-state index contributed by atoms with van der Waals surface area (Å²) in [5.74, 6) is 0.732. The third-order valence-electron chi connectivity index (χ3n) is 7.37. The van der Waals surface area contributed by atoms with Crippen molar-refractivity contribution in [1.29, 1.82) is 0 Å². The van der Waals surface area contributed by atoms with Crippen molar-refractivity contribution >= 4 is 34.9 Å². The molecule has 0 saturated carbocycles. The van der Waals surface area contributed by atoms with Gasteiger partial charge in [0.05, 0.1) is 35.5 Å². The molecule has 0 aliphatic carbocycles. The zero-order valence-corrected chi connectivity index (χ0v) is 25.2. The lowest BCUT2D eigenvalue weighted by atomic mass is 9.88. The number of nitrogens with zero attached hydrogens (tertiary/aromatic N) is 4. The molecule has 2 saturated heterocycles. The molecule has 43 heavy (non-hydrogen) atoms. The highest BCUT2D eigenvalue weighted by Crippen LogP contribution is 2.40. The minimum atomic E-state index is -4.53. The normalized spacial score (nSPS) is 17.7. The van der Waals surface area contributed by atoms with Gasteiger partial charge < -0.3 is 25.2 Å². The van der Waals surface area contributed by atoms with E-state index < -0.39 is 30.5 Å². The van der Waals surface area contributed by atoms with Crippen LogP contribution in [0.4, 0.5) is 23.8 Å². The van der Waals surface area contributed by atoms with Crippen molar-refractivity contribution in [2.75, 3.05) is 37.7 Å². The Morgan fingerprint density at radius 1 is 1.28 bits per heavy atom. The molecule has 2 aliphatic heterocycles. The van der Waals surface area contributed by atoms with E-state index in [1.54, 1.807) is 32.0 Å². The van der Waals surface area contributed by atoms with Crippen LogP contribution in [-0.4, -0.2) is 82.5 Å². The Hall–Kier alpha value is -3.58. The predicted octanol–water partition coefficient (Wildman–Crippen LogP) is 4.89. The van der Waals surface area contributed by atoms with Crippen LogP contribution in [0.3, 0.4) is 0 Å². The van der Waals surface area contributed by atoms with E-state index in [2.05, 4.69) is 4.98 Å². The van der Waals surface area contributed by atoms with E-state index in [0.29, 0.717) is 44.7 Å². The van der Waals surface area contributed by atoms with Crippen molar-refractivity contribution in [3.63, 3.8) is 0 Å². The largest absolute Gasteiger partial charge is 0.491 e. The molecule has 1 aromatic heterocycles. The number of ketones is 1. The van der Waals surface area contributed by atoms with Gasteiger partial charge in [-0.1, -0.05) is 24.9 Å². The van der Waals surface area contributed by atoms with Gasteiger partial charge in [0.15, 0.2) is 17.2 Å². The SMILES string of the molecule is CCC[C@@H](O)COc1ccc(Cl)c(-c2nc(C(C(C)=O)=C(C)N)c(C)c(N3CC4(CCN(CC(F)(F)F)C(=O)O4)C3)n2)c1. The number of carbonyl (C=O) groups excluding carboxylic acids is 2. The second-order valence-corrected chi connectivity index (χ2v) is 11.5. The van der Waals surface area contributed by atoms with Crippen LogP contribution in [-0.2, 0) is 9.53 Å². The first-order valence-electron chi connectivity index (χ1n) is 13.9. The maximum absolute atomic E-state index is 12.9. The summed E-state index contributed by atoms with van der Waals surface area (Å²) in [5.41, 5.74) is 6.84. The summed E-state index contributed by atoms with van der Waals surface area (Å²) in [5, 5.41) is 10.4. The molecule has 10 nitrogen and oxygen atoms in total. The summed E-state index contributed by atoms with van der Waals surface area (Å²) in [4.78, 5) is 37.0. The van der Waals surface area contributed by atoms with Gasteiger partial charge in [-0.25, -0.2) is 14.8 Å². The van der Waals surface area contributed by atoms with E-state index in [1.165, 1.54) is 6.92 Å². The first-order valence-corrected chi connectivity index (χ1v) is 14.3. The Balaban J connectivity index is 1.68. The van der Waals surface area contributed by atoms with Crippen LogP contribution in [0, 0.1) is 6.92 Å². The van der Waals surface area contributed by atoms with Gasteiger partial charge in [-0.2, -0.15) is 13.2 Å². The number of ether oxygens (including phenoxy) is 2. The quantitative estimate of drug-likeness (QED) is 0.354. The van der Waals surface area contributed by atoms with Crippen LogP contribution < -0.4 is 15.4 Å². The number of carbonyl (C=O) groups is 2. The number of hydrogen-bond donors (Lipinski definition) is 2. The number of benzene rings is 1. The molecule has 14 heteroatoms. The van der Waals surface area contributed by atoms with Gasteiger partial charge in [-0.3, -0.25) is 9.69 Å². The van der Waals surface area contributed by atoms with Crippen LogP contribution in [0.1, 0.15) is 51.3 Å². The molecule has 2 fully saturated rings. The molecule has 3 heterocycles. The number of rotatable bonds is 10. The van der Waals surface area contributed by atoms with Gasteiger partial charge in [-0.05, 0) is 45.4 Å². The third-order valence-corrected chi connectivity index (χ3v) is 7.70. The second-order valence-electron chi connectivity index (χ2n) is 11.0. The number of anilines is 1. The number of nitrogens with two attached hydrogens (primary N) is 1. The van der Waals surface area contributed by atoms with Crippen LogP contribution in [0.15, 0.2) is 23.9 Å². The van der Waals surface area contributed by atoms with Crippen molar-refractivity contribution < 1.29 is 37.3 Å². The summed E-state index contributed by atoms with van der Waals surface area (Å²) < 4.78 is 49.8. The van der Waals surface area contributed by atoms with E-state index in [-0.39, 0.29) is 55.5 Å². The number of aliphatic hydroxyl groups is 1. The average molecular weight is 626 g/mol. The summed E-state index contributed by atoms with van der Waals surface area (Å²) in [6.45, 7) is 5.65. The molecule has 0 unspecified atom stereocenters. The Bertz CT molecular complexity index is 1420. The molecule has 4 rings (SSSR count). The van der Waals surface area contributed by atoms with Gasteiger partial charge in [0, 0.05) is 29.8 Å². The fourth-order valence-corrected chi connectivity index (χ4v) is 5.50. The number of aliphatic hydroxyl groups excluding tert-OH is 1. The first-order chi connectivity index (χ1) is 20.1. The van der Waals surface area contributed by atoms with E-state index >= 15 is 0 Å². The molecule has 3 N–H and O–H groups in total. The fourth-order valence-electron chi connectivity index (χ4n) is 5.29. The summed E-state index contributed by atoms with van der Waals surface area (Å²) in [6.07, 6.45) is -4.58. The fraction of sp³-hybridized carbons (Fsp3) is 0.517. The number of alkyl halides is 3. The highest BCUT2D eigenvalue weighted by Gasteiger charge is 2.52. The van der Waals surface area contributed by atoms with Crippen molar-refractivity contribution in [3.8, 4) is 17.1 Å². The Morgan fingerprint density at radius 2 is 1.98 bits per heavy atom. The van der Waals surface area contributed by atoms with E-state index in [4.69, 9.17) is 31.8 Å². The molecule has 0 bridgehead atoms. The van der Waals surface area contributed by atoms with Gasteiger partial charge in [0.2, 0.25) is 0 Å². The molecule has 1 spiro atoms. The van der Waals surface area contributed by atoms with Crippen molar-refractivity contribution in [2.24, 2.45) is 5.73 Å². The summed E-state index contributed by atoms with van der Waals surface area (Å²) in [7, 11) is 0. The third kappa shape index (κ3) is 7.32. The zero-order chi connectivity index (χ0) is 31.7. The van der Waals surface area contributed by atoms with Crippen LogP contribution in [0.5, 0.6) is 5.75 Å². The molecular weight excluding hydrogens is 591 g/mol. The molecule has 1 amide bonds. The number of Topliss-reactive ketones (excluding diaryl/α,β-unsaturated/α-hetero) is 1. The Kier molecular flexibility index (Phi) is 9.45. The van der Waals surface area contributed by atoms with Gasteiger partial charge >= 0.3 is 12.3 Å². The lowest BCUT2D eigenvalue weighted by molar-refractivity contribution is -0.155. The smallest absolute Gasteiger partial charge is 0.410 e. The first kappa shape index (κ1) is 32.3. The Labute approximate surface area is 252 Å². The number of amides is 1. The summed E-state index contributed by atoms with van der Waals surface area (Å²) in [6, 6.07) is 4.91. The van der Waals surface area contributed by atoms with E-state index in [0.717, 1.165) is 6.42 Å². The molecule has 2 aromatic rings. The second kappa shape index (κ2) is 12.6. The van der Waals surface area contributed by atoms with Gasteiger partial charge in [0.25, 0.3) is 0 Å². The minimum absolute atomic E-state index is 0.0821. The molecule has 0 radical (unpaired) electrons. The van der Waals surface area contributed by atoms with Crippen molar-refractivity contribution in [2.45, 2.75) is 64.8 Å².